The zero-order chi connectivity index (χ0) is 17.3. The Labute approximate surface area is 146 Å². The molecule has 0 radical (unpaired) electrons. The van der Waals surface area contributed by atoms with Crippen molar-refractivity contribution in [3.05, 3.63) is 28.8 Å². The number of likely N-dealkylation sites (tertiary alicyclic amines) is 1. The Balaban J connectivity index is 1.71. The quantitative estimate of drug-likeness (QED) is 0.890. The van der Waals surface area contributed by atoms with E-state index >= 15 is 0 Å². The molecule has 1 fully saturated rings. The maximum atomic E-state index is 10.5. The lowest BCUT2D eigenvalue weighted by molar-refractivity contribution is -0.0651. The molecular weight excluding hydrogens is 300 g/mol. The number of benzene rings is 1. The summed E-state index contributed by atoms with van der Waals surface area (Å²) in [4.78, 5) is 2.57. The minimum atomic E-state index is -0.0843. The van der Waals surface area contributed by atoms with E-state index in [0.717, 1.165) is 42.1 Å². The van der Waals surface area contributed by atoms with E-state index in [1.807, 2.05) is 13.0 Å². The topological polar surface area (TPSA) is 58.7 Å². The predicted octanol–water partition coefficient (Wildman–Crippen LogP) is 3.01. The van der Waals surface area contributed by atoms with Crippen LogP contribution in [0.25, 0.3) is 0 Å². The number of nitrogens with zero attached hydrogens (tertiary/aromatic N) is 1. The van der Waals surface area contributed by atoms with Crippen molar-refractivity contribution in [1.29, 1.82) is 0 Å². The summed E-state index contributed by atoms with van der Waals surface area (Å²) >= 11 is 0. The summed E-state index contributed by atoms with van der Waals surface area (Å²) in [6.45, 7) is 10.5. The van der Waals surface area contributed by atoms with Gasteiger partial charge < -0.3 is 20.5 Å². The third-order valence-corrected chi connectivity index (χ3v) is 5.61. The minimum absolute atomic E-state index is 0.0843. The molecule has 2 aliphatic rings. The molecule has 2 heterocycles. The number of rotatable bonds is 4. The Bertz CT molecular complexity index is 565. The van der Waals surface area contributed by atoms with Crippen LogP contribution < -0.4 is 5.73 Å². The number of piperidine rings is 1. The molecule has 4 heteroatoms. The summed E-state index contributed by atoms with van der Waals surface area (Å²) in [5.74, 6) is 1.73. The van der Waals surface area contributed by atoms with Gasteiger partial charge >= 0.3 is 0 Å². The van der Waals surface area contributed by atoms with Crippen LogP contribution in [-0.4, -0.2) is 42.3 Å². The minimum Gasteiger partial charge on any atom is -0.507 e. The second-order valence-corrected chi connectivity index (χ2v) is 7.93. The van der Waals surface area contributed by atoms with Crippen LogP contribution in [0.5, 0.6) is 5.75 Å². The van der Waals surface area contributed by atoms with Gasteiger partial charge in [-0.15, -0.1) is 0 Å². The summed E-state index contributed by atoms with van der Waals surface area (Å²) < 4.78 is 6.36. The molecule has 24 heavy (non-hydrogen) atoms. The normalized spacial score (nSPS) is 25.9. The van der Waals surface area contributed by atoms with Gasteiger partial charge in [0.25, 0.3) is 0 Å². The van der Waals surface area contributed by atoms with Gasteiger partial charge in [0, 0.05) is 25.1 Å². The number of aromatic hydroxyl groups is 1. The van der Waals surface area contributed by atoms with Crippen LogP contribution in [0.1, 0.15) is 49.5 Å². The summed E-state index contributed by atoms with van der Waals surface area (Å²) in [6, 6.07) is 4.04. The second-order valence-electron chi connectivity index (χ2n) is 7.93. The summed E-state index contributed by atoms with van der Waals surface area (Å²) in [5, 5.41) is 10.5. The fourth-order valence-electron chi connectivity index (χ4n) is 4.30. The van der Waals surface area contributed by atoms with E-state index in [1.54, 1.807) is 0 Å². The van der Waals surface area contributed by atoms with E-state index < -0.39 is 0 Å². The highest BCUT2D eigenvalue weighted by atomic mass is 16.5. The van der Waals surface area contributed by atoms with Crippen LogP contribution in [0.15, 0.2) is 12.1 Å². The molecule has 0 amide bonds. The van der Waals surface area contributed by atoms with Gasteiger partial charge in [-0.1, -0.05) is 26.0 Å². The molecule has 134 valence electrons. The second kappa shape index (κ2) is 7.42. The lowest BCUT2D eigenvalue weighted by atomic mass is 9.83. The van der Waals surface area contributed by atoms with Crippen LogP contribution in [0.2, 0.25) is 0 Å². The summed E-state index contributed by atoms with van der Waals surface area (Å²) in [7, 11) is 0. The van der Waals surface area contributed by atoms with Crippen molar-refractivity contribution in [2.75, 3.05) is 26.2 Å². The molecule has 1 aromatic rings. The highest BCUT2D eigenvalue weighted by Gasteiger charge is 2.35. The fraction of sp³-hybridized carbons (Fsp3) is 0.700. The van der Waals surface area contributed by atoms with Crippen molar-refractivity contribution >= 4 is 0 Å². The molecule has 2 atom stereocenters. The van der Waals surface area contributed by atoms with Crippen LogP contribution in [0.4, 0.5) is 0 Å². The van der Waals surface area contributed by atoms with Gasteiger partial charge in [-0.25, -0.2) is 0 Å². The van der Waals surface area contributed by atoms with Crippen LogP contribution in [0.3, 0.4) is 0 Å². The molecule has 1 aromatic carbocycles. The first-order valence-electron chi connectivity index (χ1n) is 9.38. The van der Waals surface area contributed by atoms with Crippen molar-refractivity contribution in [2.24, 2.45) is 17.6 Å². The zero-order valence-corrected chi connectivity index (χ0v) is 15.3. The van der Waals surface area contributed by atoms with E-state index in [0.29, 0.717) is 18.2 Å². The van der Waals surface area contributed by atoms with Crippen molar-refractivity contribution in [3.63, 3.8) is 0 Å². The fourth-order valence-corrected chi connectivity index (χ4v) is 4.30. The maximum Gasteiger partial charge on any atom is 0.122 e. The molecule has 3 rings (SSSR count). The number of phenols is 1. The Hall–Kier alpha value is -1.10. The van der Waals surface area contributed by atoms with E-state index in [1.165, 1.54) is 19.4 Å². The van der Waals surface area contributed by atoms with Gasteiger partial charge in [-0.05, 0) is 55.8 Å². The summed E-state index contributed by atoms with van der Waals surface area (Å²) in [6.07, 6.45) is 3.26. The van der Waals surface area contributed by atoms with E-state index in [-0.39, 0.29) is 12.2 Å². The molecule has 3 N–H and O–H groups in total. The molecule has 2 aliphatic heterocycles. The highest BCUT2D eigenvalue weighted by molar-refractivity contribution is 5.47. The molecule has 0 aromatic heterocycles. The largest absolute Gasteiger partial charge is 0.507 e. The SMILES string of the molecule is Cc1ccc2c(c1O)CC(C1CCN(CC(C)C)CC1)OC2CN. The van der Waals surface area contributed by atoms with E-state index in [4.69, 9.17) is 10.5 Å². The molecule has 0 saturated carbocycles. The maximum absolute atomic E-state index is 10.5. The number of nitrogens with two attached hydrogens (primary N) is 1. The average molecular weight is 332 g/mol. The average Bonchev–Trinajstić information content (AvgIpc) is 2.57. The number of fused-ring (bicyclic) bond motifs is 1. The molecule has 1 saturated heterocycles. The van der Waals surface area contributed by atoms with E-state index in [9.17, 15) is 5.11 Å². The molecule has 0 spiro atoms. The van der Waals surface area contributed by atoms with Gasteiger partial charge in [-0.2, -0.15) is 0 Å². The zero-order valence-electron chi connectivity index (χ0n) is 15.3. The molecule has 0 bridgehead atoms. The molecule has 2 unspecified atom stereocenters. The van der Waals surface area contributed by atoms with E-state index in [2.05, 4.69) is 24.8 Å². The van der Waals surface area contributed by atoms with Crippen molar-refractivity contribution < 1.29 is 9.84 Å². The van der Waals surface area contributed by atoms with Gasteiger partial charge in [-0.3, -0.25) is 0 Å². The van der Waals surface area contributed by atoms with Crippen molar-refractivity contribution in [3.8, 4) is 5.75 Å². The number of aryl methyl sites for hydroxylation is 1. The standard InChI is InChI=1S/C20H32N2O2/c1-13(2)12-22-8-6-15(7-9-22)18-10-17-16(19(11-21)24-18)5-4-14(3)20(17)23/h4-5,13,15,18-19,23H,6-12,21H2,1-3H3. The van der Waals surface area contributed by atoms with Crippen molar-refractivity contribution in [1.82, 2.24) is 4.90 Å². The van der Waals surface area contributed by atoms with Gasteiger partial charge in [0.1, 0.15) is 5.75 Å². The van der Waals surface area contributed by atoms with Gasteiger partial charge in [0.2, 0.25) is 0 Å². The predicted molar refractivity (Wildman–Crippen MR) is 97.2 cm³/mol. The number of ether oxygens (including phenoxy) is 1. The Morgan fingerprint density at radius 2 is 2.00 bits per heavy atom. The molecular formula is C20H32N2O2. The number of hydrogen-bond donors (Lipinski definition) is 2. The van der Waals surface area contributed by atoms with Crippen LogP contribution in [-0.2, 0) is 11.2 Å². The first-order chi connectivity index (χ1) is 11.5. The number of hydrogen-bond acceptors (Lipinski definition) is 4. The third kappa shape index (κ3) is 3.61. The van der Waals surface area contributed by atoms with Crippen LogP contribution >= 0.6 is 0 Å². The lowest BCUT2D eigenvalue weighted by Crippen LogP contribution is -2.43. The first kappa shape index (κ1) is 17.7. The summed E-state index contributed by atoms with van der Waals surface area (Å²) in [5.41, 5.74) is 9.04. The molecule has 4 nitrogen and oxygen atoms in total. The van der Waals surface area contributed by atoms with Crippen LogP contribution in [0, 0.1) is 18.8 Å². The monoisotopic (exact) mass is 332 g/mol. The highest BCUT2D eigenvalue weighted by Crippen LogP contribution is 2.40. The van der Waals surface area contributed by atoms with Gasteiger partial charge in [0.15, 0.2) is 0 Å². The van der Waals surface area contributed by atoms with Crippen molar-refractivity contribution in [2.45, 2.75) is 52.2 Å². The first-order valence-corrected chi connectivity index (χ1v) is 9.38. The third-order valence-electron chi connectivity index (χ3n) is 5.61. The smallest absolute Gasteiger partial charge is 0.122 e. The molecule has 0 aliphatic carbocycles. The Morgan fingerprint density at radius 3 is 2.62 bits per heavy atom. The Kier molecular flexibility index (Phi) is 5.48. The number of phenolic OH excluding ortho intramolecular Hbond substituents is 1. The Morgan fingerprint density at radius 1 is 1.29 bits per heavy atom. The van der Waals surface area contributed by atoms with Gasteiger partial charge in [0.05, 0.1) is 12.2 Å². The lowest BCUT2D eigenvalue weighted by Gasteiger charge is -2.40.